The van der Waals surface area contributed by atoms with Crippen LogP contribution in [0.25, 0.3) is 0 Å². The molecule has 9 nitrogen and oxygen atoms in total. The van der Waals surface area contributed by atoms with Crippen molar-refractivity contribution in [3.63, 3.8) is 0 Å². The molecule has 3 rings (SSSR count). The second-order valence-electron chi connectivity index (χ2n) is 11.2. The first-order chi connectivity index (χ1) is 15.1. The third-order valence-corrected chi connectivity index (χ3v) is 5.48. The van der Waals surface area contributed by atoms with Crippen LogP contribution >= 0.6 is 0 Å². The van der Waals surface area contributed by atoms with Crippen molar-refractivity contribution in [3.05, 3.63) is 0 Å². The molecule has 3 heterocycles. The van der Waals surface area contributed by atoms with Crippen LogP contribution in [-0.2, 0) is 33.2 Å². The fourth-order valence-electron chi connectivity index (χ4n) is 4.30. The summed E-state index contributed by atoms with van der Waals surface area (Å²) in [5, 5.41) is 12.3. The molecule has 0 aromatic heterocycles. The monoisotopic (exact) mass is 469 g/mol. The van der Waals surface area contributed by atoms with Gasteiger partial charge in [0, 0.05) is 5.92 Å². The fourth-order valence-corrected chi connectivity index (χ4v) is 4.30. The summed E-state index contributed by atoms with van der Waals surface area (Å²) in [7, 11) is 0. The predicted octanol–water partition coefficient (Wildman–Crippen LogP) is 2.83. The minimum Gasteiger partial charge on any atom is -0.450 e. The molecule has 0 aromatic carbocycles. The van der Waals surface area contributed by atoms with Gasteiger partial charge in [-0.3, -0.25) is 0 Å². The third kappa shape index (κ3) is 6.67. The normalized spacial score (nSPS) is 33.6. The summed E-state index contributed by atoms with van der Waals surface area (Å²) >= 11 is 0. The van der Waals surface area contributed by atoms with Gasteiger partial charge in [-0.2, -0.15) is 0 Å². The summed E-state index contributed by atoms with van der Waals surface area (Å²) < 4.78 is 35.5. The highest BCUT2D eigenvalue weighted by molar-refractivity contribution is 5.88. The van der Waals surface area contributed by atoms with Crippen molar-refractivity contribution in [2.45, 2.75) is 123 Å². The van der Waals surface area contributed by atoms with E-state index in [-0.39, 0.29) is 12.0 Å². The average Bonchev–Trinajstić information content (AvgIpc) is 3.25. The van der Waals surface area contributed by atoms with E-state index in [0.717, 1.165) is 5.06 Å². The van der Waals surface area contributed by atoms with Crippen molar-refractivity contribution in [2.24, 2.45) is 5.92 Å². The molecule has 3 fully saturated rings. The number of hydrogen-bond donors (Lipinski definition) is 1. The minimum atomic E-state index is -0.856. The van der Waals surface area contributed by atoms with Gasteiger partial charge in [0.15, 0.2) is 17.8 Å². The number of nitrogens with zero attached hydrogens (tertiary/aromatic N) is 1. The lowest BCUT2D eigenvalue weighted by Crippen LogP contribution is -2.47. The summed E-state index contributed by atoms with van der Waals surface area (Å²) in [5.41, 5.74) is -0.648. The van der Waals surface area contributed by atoms with E-state index < -0.39 is 53.7 Å². The Morgan fingerprint density at radius 3 is 2.27 bits per heavy atom. The lowest BCUT2D eigenvalue weighted by Gasteiger charge is -2.32. The standard InChI is InChI=1S/C24H39NO8/c1-14(2)12-15(10-11-17(26)31-22(3,4)5)25(27)21-20-19(32-24(8,9)33-20)18(29-21)16-13-28-23(6,7)30-16/h14-16,18-21,27H,12-13H2,1-9H3/t15-,16-,18-,19+,20+,21-/m1/s1. The van der Waals surface area contributed by atoms with Crippen molar-refractivity contribution >= 4 is 5.97 Å². The molecule has 1 N–H and O–H groups in total. The maximum absolute atomic E-state index is 12.1. The topological polar surface area (TPSA) is 95.9 Å². The predicted molar refractivity (Wildman–Crippen MR) is 118 cm³/mol. The highest BCUT2D eigenvalue weighted by Crippen LogP contribution is 2.43. The Bertz CT molecular complexity index is 778. The minimum absolute atomic E-state index is 0.204. The van der Waals surface area contributed by atoms with Gasteiger partial charge in [0.25, 0.3) is 0 Å². The van der Waals surface area contributed by atoms with E-state index >= 15 is 0 Å². The highest BCUT2D eigenvalue weighted by Gasteiger charge is 2.60. The molecule has 3 aliphatic heterocycles. The third-order valence-electron chi connectivity index (χ3n) is 5.48. The van der Waals surface area contributed by atoms with E-state index in [1.54, 1.807) is 20.8 Å². The Kier molecular flexibility index (Phi) is 7.52. The van der Waals surface area contributed by atoms with Crippen LogP contribution < -0.4 is 0 Å². The van der Waals surface area contributed by atoms with Crippen LogP contribution in [-0.4, -0.2) is 76.7 Å². The summed E-state index contributed by atoms with van der Waals surface area (Å²) in [6, 6.07) is -0.675. The number of esters is 1. The van der Waals surface area contributed by atoms with E-state index in [1.165, 1.54) is 0 Å². The summed E-state index contributed by atoms with van der Waals surface area (Å²) in [4.78, 5) is 12.1. The molecule has 0 unspecified atom stereocenters. The molecule has 0 aliphatic carbocycles. The molecule has 0 amide bonds. The van der Waals surface area contributed by atoms with Crippen LogP contribution in [0.3, 0.4) is 0 Å². The van der Waals surface area contributed by atoms with Crippen LogP contribution in [0, 0.1) is 17.8 Å². The van der Waals surface area contributed by atoms with E-state index in [0.29, 0.717) is 13.0 Å². The van der Waals surface area contributed by atoms with Gasteiger partial charge in [-0.05, 0) is 60.8 Å². The lowest BCUT2D eigenvalue weighted by atomic mass is 10.0. The first-order valence-corrected chi connectivity index (χ1v) is 11.6. The summed E-state index contributed by atoms with van der Waals surface area (Å²) in [6.45, 7) is 17.0. The Balaban J connectivity index is 1.81. The molecule has 6 atom stereocenters. The molecule has 0 spiro atoms. The molecular weight excluding hydrogens is 430 g/mol. The van der Waals surface area contributed by atoms with Crippen molar-refractivity contribution in [3.8, 4) is 11.8 Å². The van der Waals surface area contributed by atoms with Gasteiger partial charge < -0.3 is 33.6 Å². The van der Waals surface area contributed by atoms with Crippen LogP contribution in [0.5, 0.6) is 0 Å². The van der Waals surface area contributed by atoms with E-state index in [2.05, 4.69) is 11.8 Å². The second kappa shape index (κ2) is 9.42. The molecular formula is C24H39NO8. The van der Waals surface area contributed by atoms with Crippen molar-refractivity contribution < 1.29 is 38.4 Å². The average molecular weight is 470 g/mol. The first-order valence-electron chi connectivity index (χ1n) is 11.6. The number of hydroxylamine groups is 2. The fraction of sp³-hybridized carbons (Fsp3) is 0.875. The van der Waals surface area contributed by atoms with Gasteiger partial charge in [0.1, 0.15) is 30.0 Å². The molecule has 3 aliphatic rings. The largest absolute Gasteiger partial charge is 0.450 e. The number of rotatable bonds is 5. The molecule has 0 bridgehead atoms. The van der Waals surface area contributed by atoms with E-state index in [1.807, 2.05) is 41.5 Å². The maximum Gasteiger partial charge on any atom is 0.384 e. The first kappa shape index (κ1) is 26.4. The Morgan fingerprint density at radius 1 is 1.09 bits per heavy atom. The van der Waals surface area contributed by atoms with Crippen LogP contribution in [0.1, 0.15) is 68.7 Å². The molecule has 0 radical (unpaired) electrons. The van der Waals surface area contributed by atoms with Crippen LogP contribution in [0.2, 0.25) is 0 Å². The molecule has 0 saturated carbocycles. The second-order valence-corrected chi connectivity index (χ2v) is 11.2. The Hall–Kier alpha value is -1.25. The van der Waals surface area contributed by atoms with Crippen molar-refractivity contribution in [1.82, 2.24) is 5.06 Å². The molecule has 188 valence electrons. The number of fused-ring (bicyclic) bond motifs is 1. The van der Waals surface area contributed by atoms with Gasteiger partial charge in [0.05, 0.1) is 12.6 Å². The molecule has 3 saturated heterocycles. The number of carbonyl (C=O) groups is 1. The Labute approximate surface area is 196 Å². The van der Waals surface area contributed by atoms with Gasteiger partial charge in [-0.25, -0.2) is 4.79 Å². The van der Waals surface area contributed by atoms with Crippen LogP contribution in [0.4, 0.5) is 0 Å². The number of hydrogen-bond acceptors (Lipinski definition) is 9. The van der Waals surface area contributed by atoms with E-state index in [9.17, 15) is 10.0 Å². The van der Waals surface area contributed by atoms with Gasteiger partial charge in [-0.15, -0.1) is 5.06 Å². The molecule has 9 heteroatoms. The molecule has 0 aromatic rings. The Morgan fingerprint density at radius 2 is 1.73 bits per heavy atom. The lowest BCUT2D eigenvalue weighted by molar-refractivity contribution is -0.278. The zero-order valence-electron chi connectivity index (χ0n) is 21.2. The molecule has 33 heavy (non-hydrogen) atoms. The zero-order valence-corrected chi connectivity index (χ0v) is 21.2. The van der Waals surface area contributed by atoms with Gasteiger partial charge in [-0.1, -0.05) is 19.8 Å². The van der Waals surface area contributed by atoms with E-state index in [4.69, 9.17) is 28.4 Å². The maximum atomic E-state index is 12.1. The highest BCUT2D eigenvalue weighted by atomic mass is 16.8. The number of carbonyl (C=O) groups excluding carboxylic acids is 1. The van der Waals surface area contributed by atoms with Crippen LogP contribution in [0.15, 0.2) is 0 Å². The summed E-state index contributed by atoms with van der Waals surface area (Å²) in [5.74, 6) is 3.37. The van der Waals surface area contributed by atoms with Crippen molar-refractivity contribution in [2.75, 3.05) is 6.61 Å². The van der Waals surface area contributed by atoms with Gasteiger partial charge in [0.2, 0.25) is 0 Å². The van der Waals surface area contributed by atoms with Crippen molar-refractivity contribution in [1.29, 1.82) is 0 Å². The zero-order chi connectivity index (χ0) is 24.8. The smallest absolute Gasteiger partial charge is 0.384 e. The SMILES string of the molecule is CC(C)C[C@@H](C#CC(=O)OC(C)(C)C)N(O)[C@@H]1O[C@H]([C@H]2COC(C)(C)O2)[C@@H]2OC(C)(C)O[C@@H]21. The van der Waals surface area contributed by atoms with Gasteiger partial charge >= 0.3 is 5.97 Å². The number of ether oxygens (including phenoxy) is 6. The summed E-state index contributed by atoms with van der Waals surface area (Å²) in [6.07, 6.45) is -2.25. The quantitative estimate of drug-likeness (QED) is 0.282.